The van der Waals surface area contributed by atoms with Crippen molar-refractivity contribution in [3.05, 3.63) is 35.9 Å². The van der Waals surface area contributed by atoms with E-state index in [0.717, 1.165) is 12.8 Å². The Bertz CT molecular complexity index is 291. The van der Waals surface area contributed by atoms with Gasteiger partial charge in [-0.2, -0.15) is 0 Å². The Morgan fingerprint density at radius 3 is 2.31 bits per heavy atom. The Kier molecular flexibility index (Phi) is 4.97. The molecule has 0 saturated carbocycles. The lowest BCUT2D eigenvalue weighted by molar-refractivity contribution is 0.108. The third-order valence-electron chi connectivity index (χ3n) is 3.03. The molecule has 1 aromatic rings. The summed E-state index contributed by atoms with van der Waals surface area (Å²) in [7, 11) is 0. The molecule has 1 atom stereocenters. The predicted octanol–water partition coefficient (Wildman–Crippen LogP) is 2.21. The summed E-state index contributed by atoms with van der Waals surface area (Å²) in [6.07, 6.45) is 1.83. The third-order valence-corrected chi connectivity index (χ3v) is 3.03. The molecule has 0 amide bonds. The van der Waals surface area contributed by atoms with E-state index in [1.54, 1.807) is 0 Å². The first-order valence-corrected chi connectivity index (χ1v) is 5.97. The molecule has 90 valence electrons. The van der Waals surface area contributed by atoms with Crippen molar-refractivity contribution in [2.24, 2.45) is 17.1 Å². The van der Waals surface area contributed by atoms with Crippen molar-refractivity contribution in [2.75, 3.05) is 13.2 Å². The fraction of sp³-hybridized carbons (Fsp3) is 0.571. The van der Waals surface area contributed by atoms with E-state index >= 15 is 0 Å². The second kappa shape index (κ2) is 6.02. The van der Waals surface area contributed by atoms with Crippen molar-refractivity contribution in [3.8, 4) is 0 Å². The fourth-order valence-corrected chi connectivity index (χ4v) is 2.31. The third kappa shape index (κ3) is 3.62. The van der Waals surface area contributed by atoms with Gasteiger partial charge in [-0.3, -0.25) is 0 Å². The van der Waals surface area contributed by atoms with Gasteiger partial charge in [0.1, 0.15) is 0 Å². The topological polar surface area (TPSA) is 46.2 Å². The maximum atomic E-state index is 9.61. The number of benzene rings is 1. The largest absolute Gasteiger partial charge is 0.396 e. The van der Waals surface area contributed by atoms with Crippen LogP contribution in [0.4, 0.5) is 0 Å². The van der Waals surface area contributed by atoms with Gasteiger partial charge >= 0.3 is 0 Å². The number of nitrogens with two attached hydrogens (primary N) is 1. The normalized spacial score (nSPS) is 15.1. The molecule has 0 aliphatic carbocycles. The molecular formula is C14H23NO. The number of aliphatic hydroxyl groups is 1. The van der Waals surface area contributed by atoms with Crippen molar-refractivity contribution in [2.45, 2.75) is 26.7 Å². The quantitative estimate of drug-likeness (QED) is 0.773. The molecule has 0 spiro atoms. The first-order valence-electron chi connectivity index (χ1n) is 5.97. The molecule has 2 nitrogen and oxygen atoms in total. The smallest absolute Gasteiger partial charge is 0.0502 e. The zero-order valence-electron chi connectivity index (χ0n) is 10.3. The van der Waals surface area contributed by atoms with Crippen LogP contribution in [-0.2, 0) is 6.42 Å². The molecule has 0 aliphatic rings. The Labute approximate surface area is 98.5 Å². The lowest BCUT2D eigenvalue weighted by atomic mass is 9.76. The molecule has 1 unspecified atom stereocenters. The summed E-state index contributed by atoms with van der Waals surface area (Å²) in [5.41, 5.74) is 6.95. The first-order chi connectivity index (χ1) is 7.62. The van der Waals surface area contributed by atoms with Crippen LogP contribution in [-0.4, -0.2) is 18.3 Å². The molecule has 0 bridgehead atoms. The molecule has 1 aromatic carbocycles. The standard InChI is InChI=1S/C14H23NO/c1-12(2)8-14(10-15,11-16)9-13-6-4-3-5-7-13/h3-7,12,16H,8-11,15H2,1-2H3. The van der Waals surface area contributed by atoms with Crippen molar-refractivity contribution < 1.29 is 5.11 Å². The average molecular weight is 221 g/mol. The van der Waals surface area contributed by atoms with Gasteiger partial charge in [0.05, 0.1) is 6.61 Å². The molecule has 3 N–H and O–H groups in total. The maximum Gasteiger partial charge on any atom is 0.0502 e. The van der Waals surface area contributed by atoms with E-state index in [1.165, 1.54) is 5.56 Å². The minimum atomic E-state index is -0.157. The summed E-state index contributed by atoms with van der Waals surface area (Å²) >= 11 is 0. The van der Waals surface area contributed by atoms with Gasteiger partial charge in [-0.05, 0) is 24.3 Å². The highest BCUT2D eigenvalue weighted by molar-refractivity contribution is 5.16. The van der Waals surface area contributed by atoms with Gasteiger partial charge in [0, 0.05) is 12.0 Å². The first kappa shape index (κ1) is 13.2. The lowest BCUT2D eigenvalue weighted by Crippen LogP contribution is -2.37. The van der Waals surface area contributed by atoms with Crippen LogP contribution in [0.15, 0.2) is 30.3 Å². The minimum Gasteiger partial charge on any atom is -0.396 e. The van der Waals surface area contributed by atoms with Crippen molar-refractivity contribution >= 4 is 0 Å². The van der Waals surface area contributed by atoms with E-state index in [2.05, 4.69) is 26.0 Å². The van der Waals surface area contributed by atoms with Crippen LogP contribution in [0.2, 0.25) is 0 Å². The van der Waals surface area contributed by atoms with Crippen LogP contribution in [0.5, 0.6) is 0 Å². The molecule has 16 heavy (non-hydrogen) atoms. The molecule has 0 fully saturated rings. The van der Waals surface area contributed by atoms with E-state index in [9.17, 15) is 5.11 Å². The van der Waals surface area contributed by atoms with Gasteiger partial charge in [-0.25, -0.2) is 0 Å². The highest BCUT2D eigenvalue weighted by atomic mass is 16.3. The zero-order chi connectivity index (χ0) is 12.0. The molecular weight excluding hydrogens is 198 g/mol. The Morgan fingerprint density at radius 1 is 1.25 bits per heavy atom. The second-order valence-electron chi connectivity index (χ2n) is 5.12. The summed E-state index contributed by atoms with van der Waals surface area (Å²) in [6, 6.07) is 10.3. The Morgan fingerprint density at radius 2 is 1.88 bits per heavy atom. The Balaban J connectivity index is 2.78. The van der Waals surface area contributed by atoms with Gasteiger partial charge in [0.25, 0.3) is 0 Å². The van der Waals surface area contributed by atoms with Gasteiger partial charge in [-0.15, -0.1) is 0 Å². The van der Waals surface area contributed by atoms with Gasteiger partial charge < -0.3 is 10.8 Å². The van der Waals surface area contributed by atoms with E-state index in [-0.39, 0.29) is 12.0 Å². The molecule has 1 rings (SSSR count). The van der Waals surface area contributed by atoms with Gasteiger partial charge in [0.15, 0.2) is 0 Å². The number of aliphatic hydroxyl groups excluding tert-OH is 1. The monoisotopic (exact) mass is 221 g/mol. The molecule has 0 aromatic heterocycles. The van der Waals surface area contributed by atoms with Gasteiger partial charge in [-0.1, -0.05) is 44.2 Å². The highest BCUT2D eigenvalue weighted by Gasteiger charge is 2.29. The van der Waals surface area contributed by atoms with E-state index in [1.807, 2.05) is 18.2 Å². The molecule has 0 heterocycles. The molecule has 0 saturated heterocycles. The van der Waals surface area contributed by atoms with Crippen LogP contribution in [0.1, 0.15) is 25.8 Å². The number of hydrogen-bond acceptors (Lipinski definition) is 2. The van der Waals surface area contributed by atoms with Crippen LogP contribution in [0.25, 0.3) is 0 Å². The second-order valence-corrected chi connectivity index (χ2v) is 5.12. The van der Waals surface area contributed by atoms with E-state index in [0.29, 0.717) is 12.5 Å². The fourth-order valence-electron chi connectivity index (χ4n) is 2.31. The number of hydrogen-bond donors (Lipinski definition) is 2. The zero-order valence-corrected chi connectivity index (χ0v) is 10.3. The number of rotatable bonds is 6. The molecule has 0 radical (unpaired) electrons. The molecule has 2 heteroatoms. The van der Waals surface area contributed by atoms with E-state index < -0.39 is 0 Å². The van der Waals surface area contributed by atoms with Crippen molar-refractivity contribution in [3.63, 3.8) is 0 Å². The highest BCUT2D eigenvalue weighted by Crippen LogP contribution is 2.29. The minimum absolute atomic E-state index is 0.157. The van der Waals surface area contributed by atoms with Crippen LogP contribution >= 0.6 is 0 Å². The van der Waals surface area contributed by atoms with Crippen molar-refractivity contribution in [1.29, 1.82) is 0 Å². The van der Waals surface area contributed by atoms with Crippen molar-refractivity contribution in [1.82, 2.24) is 0 Å². The molecule has 0 aliphatic heterocycles. The van der Waals surface area contributed by atoms with E-state index in [4.69, 9.17) is 5.73 Å². The summed E-state index contributed by atoms with van der Waals surface area (Å²) in [6.45, 7) is 5.04. The Hall–Kier alpha value is -0.860. The van der Waals surface area contributed by atoms with Gasteiger partial charge in [0.2, 0.25) is 0 Å². The predicted molar refractivity (Wildman–Crippen MR) is 68.2 cm³/mol. The summed E-state index contributed by atoms with van der Waals surface area (Å²) < 4.78 is 0. The summed E-state index contributed by atoms with van der Waals surface area (Å²) in [5.74, 6) is 0.555. The van der Waals surface area contributed by atoms with Crippen LogP contribution in [0, 0.1) is 11.3 Å². The summed E-state index contributed by atoms with van der Waals surface area (Å²) in [5, 5.41) is 9.61. The van der Waals surface area contributed by atoms with Crippen LogP contribution in [0.3, 0.4) is 0 Å². The van der Waals surface area contributed by atoms with Crippen LogP contribution < -0.4 is 5.73 Å². The lowest BCUT2D eigenvalue weighted by Gasteiger charge is -2.32. The SMILES string of the molecule is CC(C)CC(CN)(CO)Cc1ccccc1. The summed E-state index contributed by atoms with van der Waals surface area (Å²) in [4.78, 5) is 0. The maximum absolute atomic E-state index is 9.61. The average Bonchev–Trinajstić information content (AvgIpc) is 2.29.